The molecule has 0 aliphatic heterocycles. The summed E-state index contributed by atoms with van der Waals surface area (Å²) in [6.45, 7) is 5.02. The monoisotopic (exact) mass is 276 g/mol. The molecule has 0 bridgehead atoms. The lowest BCUT2D eigenvalue weighted by atomic mass is 10.1. The van der Waals surface area contributed by atoms with Gasteiger partial charge in [-0.05, 0) is 25.5 Å². The first-order chi connectivity index (χ1) is 9.24. The van der Waals surface area contributed by atoms with Crippen LogP contribution in [0.2, 0.25) is 0 Å². The minimum absolute atomic E-state index is 0.129. The van der Waals surface area contributed by atoms with E-state index in [-0.39, 0.29) is 12.6 Å². The number of para-hydroxylation sites is 1. The van der Waals surface area contributed by atoms with E-state index in [4.69, 9.17) is 0 Å². The lowest BCUT2D eigenvalue weighted by Gasteiger charge is -2.31. The van der Waals surface area contributed by atoms with Crippen molar-refractivity contribution in [3.05, 3.63) is 46.4 Å². The van der Waals surface area contributed by atoms with Crippen LogP contribution in [-0.2, 0) is 6.54 Å². The Labute approximate surface area is 118 Å². The van der Waals surface area contributed by atoms with Gasteiger partial charge in [-0.3, -0.25) is 0 Å². The average molecular weight is 276 g/mol. The Hall–Kier alpha value is -1.39. The van der Waals surface area contributed by atoms with Crippen molar-refractivity contribution in [2.24, 2.45) is 0 Å². The number of anilines is 1. The molecule has 0 amide bonds. The summed E-state index contributed by atoms with van der Waals surface area (Å²) in [6, 6.07) is 10.4. The fourth-order valence-corrected chi connectivity index (χ4v) is 2.76. The van der Waals surface area contributed by atoms with Gasteiger partial charge in [0.25, 0.3) is 0 Å². The number of hydrogen-bond donors (Lipinski definition) is 1. The summed E-state index contributed by atoms with van der Waals surface area (Å²) < 4.78 is 0. The molecular weight excluding hydrogens is 256 g/mol. The summed E-state index contributed by atoms with van der Waals surface area (Å²) in [4.78, 5) is 6.75. The Morgan fingerprint density at radius 1 is 1.32 bits per heavy atom. The zero-order valence-electron chi connectivity index (χ0n) is 11.4. The molecule has 1 unspecified atom stereocenters. The smallest absolute Gasteiger partial charge is 0.0898 e. The molecule has 2 rings (SSSR count). The van der Waals surface area contributed by atoms with Crippen molar-refractivity contribution in [3.8, 4) is 0 Å². The molecule has 1 N–H and O–H groups in total. The Morgan fingerprint density at radius 3 is 2.58 bits per heavy atom. The number of aliphatic hydroxyl groups excluding tert-OH is 1. The topological polar surface area (TPSA) is 36.4 Å². The molecule has 0 saturated heterocycles. The van der Waals surface area contributed by atoms with Gasteiger partial charge in [0.05, 0.1) is 29.9 Å². The summed E-state index contributed by atoms with van der Waals surface area (Å²) in [6.07, 6.45) is 0.911. The van der Waals surface area contributed by atoms with Crippen LogP contribution in [0.3, 0.4) is 0 Å². The maximum absolute atomic E-state index is 9.58. The summed E-state index contributed by atoms with van der Waals surface area (Å²) >= 11 is 1.67. The number of aromatic nitrogens is 1. The van der Waals surface area contributed by atoms with E-state index in [9.17, 15) is 5.11 Å². The number of aryl methyl sites for hydroxylation is 1. The van der Waals surface area contributed by atoms with Gasteiger partial charge in [0.1, 0.15) is 0 Å². The van der Waals surface area contributed by atoms with Crippen LogP contribution in [0.1, 0.15) is 24.0 Å². The molecule has 0 fully saturated rings. The zero-order valence-corrected chi connectivity index (χ0v) is 12.2. The first kappa shape index (κ1) is 14.0. The van der Waals surface area contributed by atoms with Crippen LogP contribution >= 0.6 is 11.3 Å². The minimum Gasteiger partial charge on any atom is -0.394 e. The van der Waals surface area contributed by atoms with Crippen LogP contribution in [-0.4, -0.2) is 22.7 Å². The molecule has 2 aromatic rings. The molecule has 0 aliphatic rings. The summed E-state index contributed by atoms with van der Waals surface area (Å²) in [5.41, 5.74) is 2.20. The van der Waals surface area contributed by atoms with Crippen molar-refractivity contribution < 1.29 is 5.11 Å². The molecule has 0 radical (unpaired) electrons. The van der Waals surface area contributed by atoms with Gasteiger partial charge in [-0.25, -0.2) is 4.98 Å². The number of nitrogens with zero attached hydrogens (tertiary/aromatic N) is 2. The minimum atomic E-state index is 0.129. The predicted molar refractivity (Wildman–Crippen MR) is 80.6 cm³/mol. The number of thiazole rings is 1. The van der Waals surface area contributed by atoms with Crippen LogP contribution in [0.5, 0.6) is 0 Å². The van der Waals surface area contributed by atoms with Gasteiger partial charge in [-0.15, -0.1) is 11.3 Å². The van der Waals surface area contributed by atoms with Crippen molar-refractivity contribution in [3.63, 3.8) is 0 Å². The Bertz CT molecular complexity index is 494. The van der Waals surface area contributed by atoms with E-state index in [1.54, 1.807) is 11.3 Å². The largest absolute Gasteiger partial charge is 0.394 e. The number of aliphatic hydroxyl groups is 1. The van der Waals surface area contributed by atoms with Gasteiger partial charge in [0.15, 0.2) is 0 Å². The molecule has 0 spiro atoms. The van der Waals surface area contributed by atoms with E-state index in [1.165, 1.54) is 0 Å². The summed E-state index contributed by atoms with van der Waals surface area (Å²) in [5, 5.41) is 12.8. The Morgan fingerprint density at radius 2 is 2.05 bits per heavy atom. The Balaban J connectivity index is 2.24. The first-order valence-electron chi connectivity index (χ1n) is 6.58. The molecule has 1 aromatic heterocycles. The second-order valence-corrected chi connectivity index (χ2v) is 5.63. The van der Waals surface area contributed by atoms with Crippen LogP contribution < -0.4 is 4.90 Å². The molecule has 0 saturated carbocycles. The van der Waals surface area contributed by atoms with Crippen LogP contribution in [0.25, 0.3) is 0 Å². The van der Waals surface area contributed by atoms with Crippen molar-refractivity contribution in [2.75, 3.05) is 11.5 Å². The lowest BCUT2D eigenvalue weighted by molar-refractivity contribution is 0.255. The average Bonchev–Trinajstić information content (AvgIpc) is 2.85. The highest BCUT2D eigenvalue weighted by Crippen LogP contribution is 2.21. The molecule has 4 heteroatoms. The summed E-state index contributed by atoms with van der Waals surface area (Å²) in [7, 11) is 0. The molecule has 1 heterocycles. The molecule has 19 heavy (non-hydrogen) atoms. The molecule has 0 aliphatic carbocycles. The molecule has 3 nitrogen and oxygen atoms in total. The normalized spacial score (nSPS) is 12.4. The lowest BCUT2D eigenvalue weighted by Crippen LogP contribution is -2.37. The van der Waals surface area contributed by atoms with Gasteiger partial charge >= 0.3 is 0 Å². The molecule has 1 aromatic carbocycles. The fourth-order valence-electron chi connectivity index (χ4n) is 2.15. The maximum Gasteiger partial charge on any atom is 0.0898 e. The van der Waals surface area contributed by atoms with E-state index >= 15 is 0 Å². The second-order valence-electron chi connectivity index (χ2n) is 4.57. The maximum atomic E-state index is 9.58. The van der Waals surface area contributed by atoms with Crippen molar-refractivity contribution in [2.45, 2.75) is 32.9 Å². The second kappa shape index (κ2) is 6.68. The highest BCUT2D eigenvalue weighted by molar-refractivity contribution is 7.09. The van der Waals surface area contributed by atoms with Crippen LogP contribution in [0.4, 0.5) is 5.69 Å². The number of hydrogen-bond acceptors (Lipinski definition) is 4. The van der Waals surface area contributed by atoms with Gasteiger partial charge in [0, 0.05) is 11.1 Å². The molecule has 102 valence electrons. The molecular formula is C15H20N2OS. The SMILES string of the molecule is CCC(CO)N(Cc1csc(C)n1)c1ccccc1. The predicted octanol–water partition coefficient (Wildman–Crippen LogP) is 3.23. The fraction of sp³-hybridized carbons (Fsp3) is 0.400. The third kappa shape index (κ3) is 3.55. The van der Waals surface area contributed by atoms with Crippen molar-refractivity contribution in [1.82, 2.24) is 4.98 Å². The van der Waals surface area contributed by atoms with Gasteiger partial charge in [-0.1, -0.05) is 25.1 Å². The highest BCUT2D eigenvalue weighted by atomic mass is 32.1. The quantitative estimate of drug-likeness (QED) is 0.880. The standard InChI is InChI=1S/C15H20N2OS/c1-3-14(10-18)17(15-7-5-4-6-8-15)9-13-11-19-12(2)16-13/h4-8,11,14,18H,3,9-10H2,1-2H3. The van der Waals surface area contributed by atoms with Crippen molar-refractivity contribution in [1.29, 1.82) is 0 Å². The van der Waals surface area contributed by atoms with Gasteiger partial charge < -0.3 is 10.0 Å². The number of benzene rings is 1. The van der Waals surface area contributed by atoms with E-state index in [0.29, 0.717) is 0 Å². The van der Waals surface area contributed by atoms with E-state index in [1.807, 2.05) is 25.1 Å². The van der Waals surface area contributed by atoms with Crippen LogP contribution in [0, 0.1) is 6.92 Å². The number of rotatable bonds is 6. The van der Waals surface area contributed by atoms with E-state index in [2.05, 4.69) is 34.3 Å². The first-order valence-corrected chi connectivity index (χ1v) is 7.46. The van der Waals surface area contributed by atoms with E-state index < -0.39 is 0 Å². The van der Waals surface area contributed by atoms with Crippen molar-refractivity contribution >= 4 is 17.0 Å². The third-order valence-corrected chi connectivity index (χ3v) is 4.03. The third-order valence-electron chi connectivity index (χ3n) is 3.21. The van der Waals surface area contributed by atoms with Gasteiger partial charge in [-0.2, -0.15) is 0 Å². The van der Waals surface area contributed by atoms with Crippen LogP contribution in [0.15, 0.2) is 35.7 Å². The van der Waals surface area contributed by atoms with Gasteiger partial charge in [0.2, 0.25) is 0 Å². The molecule has 1 atom stereocenters. The Kier molecular flexibility index (Phi) is 4.93. The van der Waals surface area contributed by atoms with E-state index in [0.717, 1.165) is 29.4 Å². The summed E-state index contributed by atoms with van der Waals surface area (Å²) in [5.74, 6) is 0. The zero-order chi connectivity index (χ0) is 13.7. The highest BCUT2D eigenvalue weighted by Gasteiger charge is 2.17.